The summed E-state index contributed by atoms with van der Waals surface area (Å²) in [4.78, 5) is 10.6. The second kappa shape index (κ2) is 7.66. The number of anilines is 1. The zero-order valence-electron chi connectivity index (χ0n) is 14.8. The van der Waals surface area contributed by atoms with Crippen molar-refractivity contribution in [3.8, 4) is 11.5 Å². The molecule has 0 unspecified atom stereocenters. The zero-order chi connectivity index (χ0) is 21.3. The van der Waals surface area contributed by atoms with Gasteiger partial charge in [0, 0.05) is 17.3 Å². The minimum atomic E-state index is -4.76. The fourth-order valence-electron chi connectivity index (χ4n) is 2.64. The maximum absolute atomic E-state index is 11.4. The Hall–Kier alpha value is -3.21. The lowest BCUT2D eigenvalue weighted by molar-refractivity contribution is -0.114. The number of benzene rings is 3. The molecule has 150 valence electrons. The fourth-order valence-corrected chi connectivity index (χ4v) is 3.54. The zero-order valence-corrected chi connectivity index (χ0v) is 16.4. The van der Waals surface area contributed by atoms with Crippen LogP contribution in [0.2, 0.25) is 5.02 Å². The number of nitrogens with one attached hydrogen (secondary N) is 1. The van der Waals surface area contributed by atoms with Crippen molar-refractivity contribution in [3.05, 3.63) is 47.5 Å². The Balaban J connectivity index is 2.21. The topological polar surface area (TPSA) is 149 Å². The molecule has 0 aliphatic rings. The van der Waals surface area contributed by atoms with Crippen LogP contribution in [0.5, 0.6) is 11.5 Å². The Morgan fingerprint density at radius 1 is 1.07 bits per heavy atom. The van der Waals surface area contributed by atoms with E-state index in [9.17, 15) is 28.0 Å². The van der Waals surface area contributed by atoms with Crippen LogP contribution >= 0.6 is 11.6 Å². The number of fused-ring (bicyclic) bond motifs is 1. The molecule has 4 N–H and O–H groups in total. The maximum Gasteiger partial charge on any atom is 0.298 e. The summed E-state index contributed by atoms with van der Waals surface area (Å²) in [6, 6.07) is 10.4. The number of hydrogen-bond acceptors (Lipinski definition) is 7. The van der Waals surface area contributed by atoms with Gasteiger partial charge in [-0.1, -0.05) is 35.9 Å². The molecule has 11 heteroatoms. The third-order valence-corrected chi connectivity index (χ3v) is 4.95. The third-order valence-electron chi connectivity index (χ3n) is 3.86. The van der Waals surface area contributed by atoms with Gasteiger partial charge in [0.15, 0.2) is 11.5 Å². The molecule has 0 fully saturated rings. The average Bonchev–Trinajstić information content (AvgIpc) is 2.62. The van der Waals surface area contributed by atoms with E-state index in [1.165, 1.54) is 6.92 Å². The number of carbonyl (C=O) groups is 1. The number of carbonyl (C=O) groups excluding carboxylic acids is 1. The molecule has 0 atom stereocenters. The quantitative estimate of drug-likeness (QED) is 0.269. The van der Waals surface area contributed by atoms with E-state index in [0.29, 0.717) is 10.8 Å². The molecule has 9 nitrogen and oxygen atoms in total. The number of azo groups is 1. The summed E-state index contributed by atoms with van der Waals surface area (Å²) in [5, 5.41) is 31.8. The molecule has 29 heavy (non-hydrogen) atoms. The summed E-state index contributed by atoms with van der Waals surface area (Å²) in [5.41, 5.74) is -0.280. The van der Waals surface area contributed by atoms with Gasteiger partial charge in [0.2, 0.25) is 5.91 Å². The Bertz CT molecular complexity index is 1270. The molecule has 0 saturated heterocycles. The van der Waals surface area contributed by atoms with Crippen LogP contribution in [0.3, 0.4) is 0 Å². The van der Waals surface area contributed by atoms with Crippen LogP contribution in [0.15, 0.2) is 57.6 Å². The van der Waals surface area contributed by atoms with E-state index in [1.807, 2.05) is 0 Å². The summed E-state index contributed by atoms with van der Waals surface area (Å²) in [6.07, 6.45) is 0. The van der Waals surface area contributed by atoms with Gasteiger partial charge in [-0.15, -0.1) is 10.2 Å². The van der Waals surface area contributed by atoms with Gasteiger partial charge in [-0.3, -0.25) is 9.35 Å². The number of rotatable bonds is 4. The molecule has 0 aliphatic carbocycles. The molecule has 3 rings (SSSR count). The monoisotopic (exact) mass is 435 g/mol. The third kappa shape index (κ3) is 4.29. The first-order chi connectivity index (χ1) is 13.6. The van der Waals surface area contributed by atoms with E-state index < -0.39 is 26.7 Å². The number of aromatic hydroxyl groups is 2. The lowest BCUT2D eigenvalue weighted by atomic mass is 10.1. The van der Waals surface area contributed by atoms with Crippen molar-refractivity contribution in [3.63, 3.8) is 0 Å². The van der Waals surface area contributed by atoms with E-state index in [0.717, 1.165) is 12.1 Å². The van der Waals surface area contributed by atoms with E-state index in [-0.39, 0.29) is 27.8 Å². The Labute approximate surface area is 170 Å². The highest BCUT2D eigenvalue weighted by Gasteiger charge is 2.20. The molecular formula is C18H14ClN3O6S. The summed E-state index contributed by atoms with van der Waals surface area (Å²) in [7, 11) is -4.76. The molecule has 0 saturated carbocycles. The largest absolute Gasteiger partial charge is 0.504 e. The van der Waals surface area contributed by atoms with E-state index in [1.54, 1.807) is 30.3 Å². The smallest absolute Gasteiger partial charge is 0.298 e. The van der Waals surface area contributed by atoms with Gasteiger partial charge in [0.1, 0.15) is 16.3 Å². The van der Waals surface area contributed by atoms with Crippen LogP contribution in [0, 0.1) is 0 Å². The van der Waals surface area contributed by atoms with Crippen molar-refractivity contribution in [2.24, 2.45) is 10.2 Å². The van der Waals surface area contributed by atoms with Gasteiger partial charge in [-0.25, -0.2) is 0 Å². The minimum absolute atomic E-state index is 0.0281. The van der Waals surface area contributed by atoms with Crippen LogP contribution in [-0.4, -0.2) is 29.1 Å². The number of amides is 1. The van der Waals surface area contributed by atoms with E-state index in [2.05, 4.69) is 15.5 Å². The first-order valence-corrected chi connectivity index (χ1v) is 9.83. The molecule has 3 aromatic carbocycles. The Kier molecular flexibility index (Phi) is 5.42. The van der Waals surface area contributed by atoms with Crippen molar-refractivity contribution < 1.29 is 28.0 Å². The highest BCUT2D eigenvalue weighted by molar-refractivity contribution is 7.86. The predicted molar refractivity (Wildman–Crippen MR) is 107 cm³/mol. The normalized spacial score (nSPS) is 11.8. The lowest BCUT2D eigenvalue weighted by Crippen LogP contribution is -2.05. The van der Waals surface area contributed by atoms with Crippen molar-refractivity contribution >= 4 is 55.5 Å². The van der Waals surface area contributed by atoms with Crippen LogP contribution in [0.4, 0.5) is 17.1 Å². The number of halogens is 1. The minimum Gasteiger partial charge on any atom is -0.504 e. The van der Waals surface area contributed by atoms with Crippen LogP contribution in [-0.2, 0) is 14.9 Å². The summed E-state index contributed by atoms with van der Waals surface area (Å²) < 4.78 is 32.0. The molecular weight excluding hydrogens is 422 g/mol. The predicted octanol–water partition coefficient (Wildman–Crippen LogP) is 4.52. The SMILES string of the molecule is CC(=O)Nc1cc2ccccc2c(N=Nc2cc(Cl)cc(S(=O)(=O)O)c2O)c1O. The van der Waals surface area contributed by atoms with E-state index >= 15 is 0 Å². The number of phenols is 2. The first kappa shape index (κ1) is 20.5. The maximum atomic E-state index is 11.4. The molecule has 0 spiro atoms. The molecule has 0 radical (unpaired) electrons. The highest BCUT2D eigenvalue weighted by atomic mass is 35.5. The lowest BCUT2D eigenvalue weighted by Gasteiger charge is -2.11. The number of nitrogens with zero attached hydrogens (tertiary/aromatic N) is 2. The van der Waals surface area contributed by atoms with Gasteiger partial charge in [-0.05, 0) is 23.6 Å². The fraction of sp³-hybridized carbons (Fsp3) is 0.0556. The second-order valence-electron chi connectivity index (χ2n) is 5.97. The standard InChI is InChI=1S/C18H14ClN3O6S/c1-9(23)20-13-6-10-4-2-3-5-12(10)16(18(13)25)22-21-14-7-11(19)8-15(17(14)24)29(26,27)28/h2-8,24-25H,1H3,(H,20,23)(H,26,27,28). The van der Waals surface area contributed by atoms with E-state index in [4.69, 9.17) is 11.6 Å². The Morgan fingerprint density at radius 3 is 2.41 bits per heavy atom. The molecule has 1 amide bonds. The molecule has 0 aromatic heterocycles. The average molecular weight is 436 g/mol. The van der Waals surface area contributed by atoms with Gasteiger partial charge in [0.25, 0.3) is 10.1 Å². The Morgan fingerprint density at radius 2 is 1.76 bits per heavy atom. The number of hydrogen-bond donors (Lipinski definition) is 4. The molecule has 0 bridgehead atoms. The van der Waals surface area contributed by atoms with Gasteiger partial charge in [0.05, 0.1) is 5.69 Å². The van der Waals surface area contributed by atoms with Crippen molar-refractivity contribution in [2.75, 3.05) is 5.32 Å². The molecule has 0 heterocycles. The first-order valence-electron chi connectivity index (χ1n) is 8.02. The van der Waals surface area contributed by atoms with Crippen molar-refractivity contribution in [2.45, 2.75) is 11.8 Å². The summed E-state index contributed by atoms with van der Waals surface area (Å²) >= 11 is 5.83. The van der Waals surface area contributed by atoms with Gasteiger partial charge in [-0.2, -0.15) is 8.42 Å². The molecule has 3 aromatic rings. The summed E-state index contributed by atoms with van der Waals surface area (Å²) in [6.45, 7) is 1.27. The van der Waals surface area contributed by atoms with Crippen LogP contribution in [0.25, 0.3) is 10.8 Å². The van der Waals surface area contributed by atoms with Crippen molar-refractivity contribution in [1.29, 1.82) is 0 Å². The highest BCUT2D eigenvalue weighted by Crippen LogP contribution is 2.43. The number of phenolic OH excluding ortho intramolecular Hbond substituents is 2. The van der Waals surface area contributed by atoms with Crippen LogP contribution < -0.4 is 5.32 Å². The van der Waals surface area contributed by atoms with Crippen LogP contribution in [0.1, 0.15) is 6.92 Å². The second-order valence-corrected chi connectivity index (χ2v) is 7.80. The summed E-state index contributed by atoms with van der Waals surface area (Å²) in [5.74, 6) is -1.65. The van der Waals surface area contributed by atoms with Gasteiger partial charge >= 0.3 is 0 Å². The van der Waals surface area contributed by atoms with Crippen molar-refractivity contribution in [1.82, 2.24) is 0 Å². The molecule has 0 aliphatic heterocycles. The van der Waals surface area contributed by atoms with Gasteiger partial charge < -0.3 is 15.5 Å².